The second kappa shape index (κ2) is 6.12. The molecule has 0 radical (unpaired) electrons. The number of rotatable bonds is 5. The molecule has 0 fully saturated rings. The van der Waals surface area contributed by atoms with Gasteiger partial charge in [-0.25, -0.2) is 10.8 Å². The number of hydrogen-bond acceptors (Lipinski definition) is 5. The molecule has 0 aliphatic heterocycles. The van der Waals surface area contributed by atoms with Gasteiger partial charge in [-0.2, -0.15) is 0 Å². The topological polar surface area (TPSA) is 89.3 Å². The van der Waals surface area contributed by atoms with E-state index in [4.69, 9.17) is 10.6 Å². The molecular weight excluding hydrogens is 300 g/mol. The summed E-state index contributed by atoms with van der Waals surface area (Å²) in [7, 11) is 1.58. The number of pyridine rings is 1. The van der Waals surface area contributed by atoms with E-state index in [9.17, 15) is 4.79 Å². The predicted molar refractivity (Wildman–Crippen MR) is 73.2 cm³/mol. The maximum atomic E-state index is 12.1. The number of hydrazine groups is 1. The smallest absolute Gasteiger partial charge is 0.255 e. The minimum atomic E-state index is -0.472. The van der Waals surface area contributed by atoms with Crippen LogP contribution in [0.25, 0.3) is 0 Å². The highest BCUT2D eigenvalue weighted by Gasteiger charge is 2.23. The molecule has 0 saturated heterocycles. The SMILES string of the molecule is COCC(C)(C)NC(=O)c1cc(Br)cnc1NN. The van der Waals surface area contributed by atoms with Crippen molar-refractivity contribution in [1.29, 1.82) is 0 Å². The lowest BCUT2D eigenvalue weighted by Crippen LogP contribution is -2.47. The van der Waals surface area contributed by atoms with Gasteiger partial charge in [0.05, 0.1) is 17.7 Å². The van der Waals surface area contributed by atoms with Gasteiger partial charge in [0.25, 0.3) is 5.91 Å². The van der Waals surface area contributed by atoms with E-state index in [2.05, 4.69) is 31.7 Å². The Morgan fingerprint density at radius 3 is 2.83 bits per heavy atom. The normalized spacial score (nSPS) is 11.2. The van der Waals surface area contributed by atoms with Crippen molar-refractivity contribution >= 4 is 27.7 Å². The van der Waals surface area contributed by atoms with Crippen LogP contribution in [0.15, 0.2) is 16.7 Å². The van der Waals surface area contributed by atoms with Gasteiger partial charge in [-0.15, -0.1) is 0 Å². The molecule has 1 heterocycles. The molecule has 1 aromatic heterocycles. The van der Waals surface area contributed by atoms with E-state index in [1.807, 2.05) is 13.8 Å². The Morgan fingerprint density at radius 2 is 2.28 bits per heavy atom. The van der Waals surface area contributed by atoms with E-state index in [1.54, 1.807) is 19.4 Å². The van der Waals surface area contributed by atoms with Gasteiger partial charge in [0.2, 0.25) is 0 Å². The highest BCUT2D eigenvalue weighted by atomic mass is 79.9. The predicted octanol–water partition coefficient (Wildman–Crippen LogP) is 1.28. The summed E-state index contributed by atoms with van der Waals surface area (Å²) in [6.07, 6.45) is 1.56. The molecule has 1 rings (SSSR count). The van der Waals surface area contributed by atoms with Gasteiger partial charge in [0.1, 0.15) is 0 Å². The summed E-state index contributed by atoms with van der Waals surface area (Å²) < 4.78 is 5.75. The van der Waals surface area contributed by atoms with Crippen LogP contribution in [-0.2, 0) is 4.74 Å². The van der Waals surface area contributed by atoms with E-state index in [0.29, 0.717) is 22.5 Å². The number of aromatic nitrogens is 1. The largest absolute Gasteiger partial charge is 0.382 e. The lowest BCUT2D eigenvalue weighted by Gasteiger charge is -2.25. The zero-order valence-electron chi connectivity index (χ0n) is 10.6. The monoisotopic (exact) mass is 316 g/mol. The Hall–Kier alpha value is -1.18. The molecule has 100 valence electrons. The third-order valence-electron chi connectivity index (χ3n) is 2.19. The molecule has 7 heteroatoms. The van der Waals surface area contributed by atoms with Crippen molar-refractivity contribution in [1.82, 2.24) is 10.3 Å². The van der Waals surface area contributed by atoms with Crippen molar-refractivity contribution in [2.24, 2.45) is 5.84 Å². The average molecular weight is 317 g/mol. The molecule has 18 heavy (non-hydrogen) atoms. The van der Waals surface area contributed by atoms with Crippen molar-refractivity contribution in [2.75, 3.05) is 19.1 Å². The van der Waals surface area contributed by atoms with Crippen LogP contribution in [0.2, 0.25) is 0 Å². The van der Waals surface area contributed by atoms with Gasteiger partial charge in [0.15, 0.2) is 5.82 Å². The minimum absolute atomic E-state index is 0.265. The first kappa shape index (κ1) is 14.9. The van der Waals surface area contributed by atoms with Gasteiger partial charge in [0, 0.05) is 17.8 Å². The Kier molecular flexibility index (Phi) is 5.06. The van der Waals surface area contributed by atoms with E-state index in [1.165, 1.54) is 0 Å². The molecule has 4 N–H and O–H groups in total. The summed E-state index contributed by atoms with van der Waals surface area (Å²) in [5, 5.41) is 2.86. The lowest BCUT2D eigenvalue weighted by atomic mass is 10.1. The number of anilines is 1. The Bertz CT molecular complexity index is 437. The number of nitrogens with two attached hydrogens (primary N) is 1. The number of hydrogen-bond donors (Lipinski definition) is 3. The quantitative estimate of drug-likeness (QED) is 0.562. The number of nitrogens with zero attached hydrogens (tertiary/aromatic N) is 1. The summed E-state index contributed by atoms with van der Waals surface area (Å²) in [5.74, 6) is 5.39. The fraction of sp³-hybridized carbons (Fsp3) is 0.455. The van der Waals surface area contributed by atoms with E-state index >= 15 is 0 Å². The molecule has 0 unspecified atom stereocenters. The molecule has 0 aliphatic carbocycles. The Balaban J connectivity index is 2.93. The number of methoxy groups -OCH3 is 1. The Morgan fingerprint density at radius 1 is 1.61 bits per heavy atom. The fourth-order valence-corrected chi connectivity index (χ4v) is 1.83. The number of ether oxygens (including phenoxy) is 1. The van der Waals surface area contributed by atoms with Gasteiger partial charge in [-0.05, 0) is 35.8 Å². The van der Waals surface area contributed by atoms with Crippen LogP contribution in [0.5, 0.6) is 0 Å². The van der Waals surface area contributed by atoms with Crippen LogP contribution < -0.4 is 16.6 Å². The number of nitrogens with one attached hydrogen (secondary N) is 2. The number of carbonyl (C=O) groups is 1. The maximum Gasteiger partial charge on any atom is 0.255 e. The first-order chi connectivity index (χ1) is 8.39. The standard InChI is InChI=1S/C11H17BrN4O2/c1-11(2,6-18-3)15-10(17)8-4-7(12)5-14-9(8)16-13/h4-5H,6,13H2,1-3H3,(H,14,16)(H,15,17). The van der Waals surface area contributed by atoms with Gasteiger partial charge >= 0.3 is 0 Å². The first-order valence-corrected chi connectivity index (χ1v) is 6.12. The van der Waals surface area contributed by atoms with Crippen LogP contribution in [0.4, 0.5) is 5.82 Å². The van der Waals surface area contributed by atoms with E-state index < -0.39 is 5.54 Å². The molecule has 0 aliphatic rings. The second-order valence-electron chi connectivity index (χ2n) is 4.47. The lowest BCUT2D eigenvalue weighted by molar-refractivity contribution is 0.0820. The average Bonchev–Trinajstić information content (AvgIpc) is 2.28. The van der Waals surface area contributed by atoms with Crippen LogP contribution in [0, 0.1) is 0 Å². The Labute approximate surface area is 114 Å². The summed E-state index contributed by atoms with van der Waals surface area (Å²) in [5.41, 5.74) is 2.30. The highest BCUT2D eigenvalue weighted by molar-refractivity contribution is 9.10. The van der Waals surface area contributed by atoms with E-state index in [-0.39, 0.29) is 5.91 Å². The molecule has 0 saturated carbocycles. The third-order valence-corrected chi connectivity index (χ3v) is 2.63. The molecule has 0 spiro atoms. The molecular formula is C11H17BrN4O2. The van der Waals surface area contributed by atoms with Crippen molar-refractivity contribution < 1.29 is 9.53 Å². The molecule has 1 amide bonds. The first-order valence-electron chi connectivity index (χ1n) is 5.33. The van der Waals surface area contributed by atoms with Crippen LogP contribution >= 0.6 is 15.9 Å². The summed E-state index contributed by atoms with van der Waals surface area (Å²) in [6, 6.07) is 1.65. The minimum Gasteiger partial charge on any atom is -0.382 e. The third kappa shape index (κ3) is 3.94. The van der Waals surface area contributed by atoms with Gasteiger partial charge < -0.3 is 15.5 Å². The van der Waals surface area contributed by atoms with Gasteiger partial charge in [-0.1, -0.05) is 0 Å². The number of halogens is 1. The zero-order valence-corrected chi connectivity index (χ0v) is 12.2. The van der Waals surface area contributed by atoms with Gasteiger partial charge in [-0.3, -0.25) is 4.79 Å². The molecule has 1 aromatic rings. The fourth-order valence-electron chi connectivity index (χ4n) is 1.50. The number of nitrogen functional groups attached to an aromatic ring is 1. The van der Waals surface area contributed by atoms with Crippen LogP contribution in [-0.4, -0.2) is 30.1 Å². The number of amides is 1. The molecule has 0 aromatic carbocycles. The summed E-state index contributed by atoms with van der Waals surface area (Å²) in [4.78, 5) is 16.2. The highest BCUT2D eigenvalue weighted by Crippen LogP contribution is 2.18. The molecule has 0 bridgehead atoms. The van der Waals surface area contributed by atoms with Crippen molar-refractivity contribution in [2.45, 2.75) is 19.4 Å². The van der Waals surface area contributed by atoms with Crippen molar-refractivity contribution in [3.05, 3.63) is 22.3 Å². The summed E-state index contributed by atoms with van der Waals surface area (Å²) in [6.45, 7) is 4.15. The van der Waals surface area contributed by atoms with Crippen molar-refractivity contribution in [3.8, 4) is 0 Å². The summed E-state index contributed by atoms with van der Waals surface area (Å²) >= 11 is 3.27. The number of carbonyl (C=O) groups excluding carboxylic acids is 1. The second-order valence-corrected chi connectivity index (χ2v) is 5.38. The molecule has 0 atom stereocenters. The molecule has 6 nitrogen and oxygen atoms in total. The zero-order chi connectivity index (χ0) is 13.8. The van der Waals surface area contributed by atoms with Crippen molar-refractivity contribution in [3.63, 3.8) is 0 Å². The maximum absolute atomic E-state index is 12.1. The van der Waals surface area contributed by atoms with Crippen LogP contribution in [0.1, 0.15) is 24.2 Å². The van der Waals surface area contributed by atoms with E-state index in [0.717, 1.165) is 0 Å². The van der Waals surface area contributed by atoms with Crippen LogP contribution in [0.3, 0.4) is 0 Å².